The summed E-state index contributed by atoms with van der Waals surface area (Å²) >= 11 is 8.01. The molecule has 0 bridgehead atoms. The van der Waals surface area contributed by atoms with E-state index >= 15 is 0 Å². The van der Waals surface area contributed by atoms with Gasteiger partial charge in [0.15, 0.2) is 0 Å². The molecule has 0 unspecified atom stereocenters. The maximum Gasteiger partial charge on any atom is 0.348 e. The minimum absolute atomic E-state index is 0.220. The quantitative estimate of drug-likeness (QED) is 0.467. The van der Waals surface area contributed by atoms with Gasteiger partial charge >= 0.3 is 5.97 Å². The third-order valence-corrected chi connectivity index (χ3v) is 12.8. The summed E-state index contributed by atoms with van der Waals surface area (Å²) in [5.41, 5.74) is 3.45. The minimum atomic E-state index is -2.44. The maximum absolute atomic E-state index is 12.3. The highest BCUT2D eigenvalue weighted by atomic mass is 32.4. The van der Waals surface area contributed by atoms with Gasteiger partial charge in [-0.1, -0.05) is 43.9 Å². The van der Waals surface area contributed by atoms with Gasteiger partial charge in [0.25, 0.3) is 0 Å². The van der Waals surface area contributed by atoms with E-state index in [1.165, 1.54) is 35.4 Å². The molecule has 0 radical (unpaired) electrons. The number of esters is 1. The minimum Gasteiger partial charge on any atom is -0.465 e. The Hall–Kier alpha value is -1.83. The molecule has 1 aromatic heterocycles. The number of rotatable bonds is 2. The molecule has 9 heteroatoms. The van der Waals surface area contributed by atoms with Crippen molar-refractivity contribution in [1.29, 1.82) is 0 Å². The second-order valence-electron chi connectivity index (χ2n) is 8.63. The molecule has 0 N–H and O–H groups in total. The average molecular weight is 488 g/mol. The first-order valence-corrected chi connectivity index (χ1v) is 14.2. The topological polar surface area (TPSA) is 54.4 Å². The molecule has 3 aliphatic rings. The molecular formula is C23H26N3O3PS2. The third-order valence-electron chi connectivity index (χ3n) is 6.53. The van der Waals surface area contributed by atoms with Gasteiger partial charge in [0, 0.05) is 53.8 Å². The van der Waals surface area contributed by atoms with E-state index in [1.807, 2.05) is 12.3 Å². The van der Waals surface area contributed by atoms with E-state index in [9.17, 15) is 4.79 Å². The summed E-state index contributed by atoms with van der Waals surface area (Å²) in [4.78, 5) is 20.0. The molecule has 4 heterocycles. The smallest absolute Gasteiger partial charge is 0.348 e. The number of fused-ring (bicyclic) bond motifs is 2. The number of benzene rings is 1. The second kappa shape index (κ2) is 7.89. The van der Waals surface area contributed by atoms with Gasteiger partial charge in [-0.05, 0) is 17.7 Å². The average Bonchev–Trinajstić information content (AvgIpc) is 3.33. The number of allylic oxidation sites excluding steroid dienone is 2. The molecule has 0 aliphatic carbocycles. The summed E-state index contributed by atoms with van der Waals surface area (Å²) in [7, 11) is 3.52. The zero-order valence-electron chi connectivity index (χ0n) is 18.6. The van der Waals surface area contributed by atoms with Gasteiger partial charge in [0.05, 0.1) is 26.5 Å². The summed E-state index contributed by atoms with van der Waals surface area (Å²) in [6.07, 6.45) is -0.467. The number of methoxy groups -OCH3 is 1. The van der Waals surface area contributed by atoms with Crippen molar-refractivity contribution in [3.8, 4) is 0 Å². The molecule has 0 saturated carbocycles. The third kappa shape index (κ3) is 3.08. The summed E-state index contributed by atoms with van der Waals surface area (Å²) < 4.78 is 13.0. The number of likely N-dealkylation sites (N-methyl/N-ethyl adjacent to an activating group) is 1. The lowest BCUT2D eigenvalue weighted by atomic mass is 9.84. The van der Waals surface area contributed by atoms with Crippen molar-refractivity contribution < 1.29 is 14.3 Å². The standard InChI is InChI=1S/C23H26N3O3PS2/c1-23(2)15-7-5-6-8-16(15)25(3)20(23)18-14-24-21-17(13-19(32-21)22(27)28-4)30(18,31)26-9-11-29-12-10-26/h5-8,13-14H,9-12H2,1-4H3/b20-18+/t30-/m1/s1. The van der Waals surface area contributed by atoms with Crippen molar-refractivity contribution >= 4 is 57.5 Å². The number of carbonyl (C=O) groups is 1. The summed E-state index contributed by atoms with van der Waals surface area (Å²) in [6, 6.07) is 10.5. The zero-order chi connectivity index (χ0) is 22.7. The van der Waals surface area contributed by atoms with Crippen molar-refractivity contribution in [3.63, 3.8) is 0 Å². The lowest BCUT2D eigenvalue weighted by Crippen LogP contribution is -2.39. The van der Waals surface area contributed by atoms with Crippen LogP contribution in [0.2, 0.25) is 0 Å². The van der Waals surface area contributed by atoms with Gasteiger partial charge in [-0.25, -0.2) is 9.79 Å². The zero-order valence-corrected chi connectivity index (χ0v) is 21.2. The van der Waals surface area contributed by atoms with Crippen molar-refractivity contribution in [2.45, 2.75) is 19.3 Å². The first-order valence-electron chi connectivity index (χ1n) is 10.6. The van der Waals surface area contributed by atoms with Crippen molar-refractivity contribution in [1.82, 2.24) is 4.67 Å². The van der Waals surface area contributed by atoms with E-state index in [-0.39, 0.29) is 11.4 Å². The number of thiophene rings is 1. The van der Waals surface area contributed by atoms with Gasteiger partial charge in [0.2, 0.25) is 0 Å². The lowest BCUT2D eigenvalue weighted by molar-refractivity contribution is 0.0606. The van der Waals surface area contributed by atoms with Crippen molar-refractivity contribution in [2.75, 3.05) is 45.4 Å². The first kappa shape index (κ1) is 22.0. The predicted molar refractivity (Wildman–Crippen MR) is 135 cm³/mol. The SMILES string of the molecule is COC(=O)c1cc2c(s1)N=C/C(=C1\N(C)c3ccccc3C1(C)C)[P@@]2(=S)N1CCOCC1. The number of morpholine rings is 1. The normalized spacial score (nSPS) is 26.7. The monoisotopic (exact) mass is 487 g/mol. The molecule has 0 spiro atoms. The van der Waals surface area contributed by atoms with Crippen LogP contribution in [0.3, 0.4) is 0 Å². The highest BCUT2D eigenvalue weighted by molar-refractivity contribution is 8.19. The maximum atomic E-state index is 12.3. The van der Waals surface area contributed by atoms with Gasteiger partial charge in [-0.3, -0.25) is 4.67 Å². The summed E-state index contributed by atoms with van der Waals surface area (Å²) in [5.74, 6) is -0.344. The van der Waals surface area contributed by atoms with E-state index in [4.69, 9.17) is 26.3 Å². The predicted octanol–water partition coefficient (Wildman–Crippen LogP) is 4.24. The molecule has 6 nitrogen and oxygen atoms in total. The Morgan fingerprint density at radius 2 is 2.00 bits per heavy atom. The molecule has 1 saturated heterocycles. The van der Waals surface area contributed by atoms with Gasteiger partial charge < -0.3 is 14.4 Å². The molecule has 1 aromatic carbocycles. The molecule has 0 amide bonds. The largest absolute Gasteiger partial charge is 0.465 e. The van der Waals surface area contributed by atoms with Crippen LogP contribution >= 0.6 is 17.5 Å². The fourth-order valence-electron chi connectivity index (χ4n) is 5.01. The molecule has 168 valence electrons. The van der Waals surface area contributed by atoms with Crippen LogP contribution in [-0.4, -0.2) is 57.3 Å². The van der Waals surface area contributed by atoms with E-state index in [2.05, 4.69) is 54.7 Å². The molecule has 5 rings (SSSR count). The molecule has 1 fully saturated rings. The van der Waals surface area contributed by atoms with Crippen LogP contribution in [0.1, 0.15) is 29.1 Å². The van der Waals surface area contributed by atoms with Crippen molar-refractivity contribution in [3.05, 3.63) is 51.8 Å². The van der Waals surface area contributed by atoms with Crippen LogP contribution < -0.4 is 10.2 Å². The highest BCUT2D eigenvalue weighted by Gasteiger charge is 2.46. The number of hydrogen-bond acceptors (Lipinski definition) is 7. The van der Waals surface area contributed by atoms with Gasteiger partial charge in [-0.2, -0.15) is 0 Å². The van der Waals surface area contributed by atoms with E-state index in [1.54, 1.807) is 0 Å². The fourth-order valence-corrected chi connectivity index (χ4v) is 11.1. The second-order valence-corrected chi connectivity index (χ2v) is 13.9. The fraction of sp³-hybridized carbons (Fsp3) is 0.391. The Balaban J connectivity index is 1.77. The first-order chi connectivity index (χ1) is 15.3. The number of aliphatic imine (C=N–C) groups is 1. The van der Waals surface area contributed by atoms with Gasteiger partial charge in [-0.15, -0.1) is 11.3 Å². The Labute approximate surface area is 197 Å². The van der Waals surface area contributed by atoms with Crippen LogP contribution in [0.25, 0.3) is 0 Å². The van der Waals surface area contributed by atoms with Crippen LogP contribution in [0, 0.1) is 0 Å². The molecular weight excluding hydrogens is 461 g/mol. The Kier molecular flexibility index (Phi) is 5.42. The Morgan fingerprint density at radius 3 is 2.69 bits per heavy atom. The number of ether oxygens (including phenoxy) is 2. The Morgan fingerprint density at radius 1 is 1.28 bits per heavy atom. The molecule has 2 aromatic rings. The molecule has 3 aliphatic heterocycles. The number of nitrogens with zero attached hydrogens (tertiary/aromatic N) is 3. The van der Waals surface area contributed by atoms with Gasteiger partial charge in [0.1, 0.15) is 9.88 Å². The number of hydrogen-bond donors (Lipinski definition) is 0. The number of para-hydroxylation sites is 1. The molecule has 32 heavy (non-hydrogen) atoms. The number of carbonyl (C=O) groups excluding carboxylic acids is 1. The van der Waals surface area contributed by atoms with Crippen LogP contribution in [-0.2, 0) is 26.7 Å². The van der Waals surface area contributed by atoms with E-state index in [0.29, 0.717) is 18.1 Å². The van der Waals surface area contributed by atoms with E-state index in [0.717, 1.165) is 28.7 Å². The Bertz CT molecular complexity index is 1210. The van der Waals surface area contributed by atoms with Crippen molar-refractivity contribution in [2.24, 2.45) is 4.99 Å². The lowest BCUT2D eigenvalue weighted by Gasteiger charge is -2.42. The van der Waals surface area contributed by atoms with Crippen LogP contribution in [0.5, 0.6) is 0 Å². The number of anilines is 1. The summed E-state index contributed by atoms with van der Waals surface area (Å²) in [5, 5.41) is 2.91. The highest BCUT2D eigenvalue weighted by Crippen LogP contribution is 2.64. The summed E-state index contributed by atoms with van der Waals surface area (Å²) in [6.45, 7) is 7.35. The van der Waals surface area contributed by atoms with Crippen LogP contribution in [0.15, 0.2) is 46.3 Å². The molecule has 1 atom stereocenters. The van der Waals surface area contributed by atoms with Crippen LogP contribution in [0.4, 0.5) is 10.7 Å². The van der Waals surface area contributed by atoms with E-state index < -0.39 is 6.19 Å².